The lowest BCUT2D eigenvalue weighted by molar-refractivity contribution is -0.137. The van der Waals surface area contributed by atoms with Crippen LogP contribution in [0.2, 0.25) is 0 Å². The number of hydrogen-bond donors (Lipinski definition) is 0. The van der Waals surface area contributed by atoms with Gasteiger partial charge in [0.1, 0.15) is 0 Å². The number of allylic oxidation sites excluding steroid dienone is 4. The van der Waals surface area contributed by atoms with E-state index < -0.39 is 17.8 Å². The number of carbonyl (C=O) groups excluding carboxylic acids is 1. The molecule has 0 bridgehead atoms. The van der Waals surface area contributed by atoms with E-state index in [1.54, 1.807) is 6.07 Å². The van der Waals surface area contributed by atoms with Crippen molar-refractivity contribution in [3.05, 3.63) is 59.2 Å². The van der Waals surface area contributed by atoms with Crippen molar-refractivity contribution in [2.75, 3.05) is 0 Å². The summed E-state index contributed by atoms with van der Waals surface area (Å²) >= 11 is 0. The highest BCUT2D eigenvalue weighted by Gasteiger charge is 2.35. The zero-order valence-corrected chi connectivity index (χ0v) is 17.3. The first-order valence-electron chi connectivity index (χ1n) is 9.88. The number of halogens is 3. The molecule has 1 heterocycles. The van der Waals surface area contributed by atoms with E-state index in [9.17, 15) is 18.0 Å². The second-order valence-electron chi connectivity index (χ2n) is 8.61. The number of nitrogens with zero attached hydrogens (tertiary/aromatic N) is 2. The zero-order valence-electron chi connectivity index (χ0n) is 17.3. The van der Waals surface area contributed by atoms with Crippen molar-refractivity contribution >= 4 is 11.6 Å². The Morgan fingerprint density at radius 1 is 1.31 bits per heavy atom. The molecule has 29 heavy (non-hydrogen) atoms. The van der Waals surface area contributed by atoms with Gasteiger partial charge in [-0.05, 0) is 49.0 Å². The van der Waals surface area contributed by atoms with Crippen LogP contribution in [0, 0.1) is 11.3 Å². The average molecular weight is 404 g/mol. The van der Waals surface area contributed by atoms with Crippen molar-refractivity contribution in [1.82, 2.24) is 5.01 Å². The third kappa shape index (κ3) is 4.62. The summed E-state index contributed by atoms with van der Waals surface area (Å²) in [6.07, 6.45) is 4.44. The molecule has 0 aromatic heterocycles. The number of amides is 1. The number of hydrogen-bond acceptors (Lipinski definition) is 2. The van der Waals surface area contributed by atoms with Crippen LogP contribution in [0.5, 0.6) is 0 Å². The Morgan fingerprint density at radius 3 is 2.66 bits per heavy atom. The molecule has 3 rings (SSSR count). The highest BCUT2D eigenvalue weighted by molar-refractivity contribution is 5.98. The lowest BCUT2D eigenvalue weighted by atomic mass is 9.68. The maximum absolute atomic E-state index is 13.1. The van der Waals surface area contributed by atoms with Crippen LogP contribution in [0.1, 0.15) is 64.1 Å². The first-order valence-corrected chi connectivity index (χ1v) is 9.88. The number of hydrazone groups is 1. The molecule has 1 amide bonds. The van der Waals surface area contributed by atoms with E-state index in [0.29, 0.717) is 17.7 Å². The standard InChI is InChI=1S/C23H27F3N2O/c1-15-7-6-12-22(3,4)20(15)11-10-19-14-21(28(27-19)16(2)29)17-8-5-9-18(13-17)23(24,25)26/h5,7-11,13,20-21H,6,12,14H2,1-4H3/b11-10+. The Morgan fingerprint density at radius 2 is 2.03 bits per heavy atom. The molecule has 2 aliphatic rings. The lowest BCUT2D eigenvalue weighted by Gasteiger charge is -2.36. The fourth-order valence-electron chi connectivity index (χ4n) is 4.30. The van der Waals surface area contributed by atoms with Crippen LogP contribution in [0.3, 0.4) is 0 Å². The predicted molar refractivity (Wildman–Crippen MR) is 108 cm³/mol. The fraction of sp³-hybridized carbons (Fsp3) is 0.478. The van der Waals surface area contributed by atoms with E-state index in [4.69, 9.17) is 0 Å². The Balaban J connectivity index is 1.85. The van der Waals surface area contributed by atoms with Gasteiger partial charge >= 0.3 is 6.18 Å². The van der Waals surface area contributed by atoms with Crippen molar-refractivity contribution < 1.29 is 18.0 Å². The van der Waals surface area contributed by atoms with Crippen molar-refractivity contribution in [1.29, 1.82) is 0 Å². The summed E-state index contributed by atoms with van der Waals surface area (Å²) in [6.45, 7) is 7.98. The minimum Gasteiger partial charge on any atom is -0.273 e. The minimum absolute atomic E-state index is 0.134. The van der Waals surface area contributed by atoms with Gasteiger partial charge in [-0.2, -0.15) is 18.3 Å². The molecule has 1 aromatic carbocycles. The van der Waals surface area contributed by atoms with Gasteiger partial charge in [0.15, 0.2) is 0 Å². The van der Waals surface area contributed by atoms with Gasteiger partial charge in [0, 0.05) is 19.3 Å². The van der Waals surface area contributed by atoms with Gasteiger partial charge in [0.25, 0.3) is 0 Å². The minimum atomic E-state index is -4.42. The number of rotatable bonds is 3. The lowest BCUT2D eigenvalue weighted by Crippen LogP contribution is -2.26. The van der Waals surface area contributed by atoms with Crippen molar-refractivity contribution in [2.24, 2.45) is 16.4 Å². The molecule has 6 heteroatoms. The van der Waals surface area contributed by atoms with E-state index in [-0.39, 0.29) is 17.2 Å². The second-order valence-corrected chi connectivity index (χ2v) is 8.61. The normalized spacial score (nSPS) is 24.6. The summed E-state index contributed by atoms with van der Waals surface area (Å²) in [5.74, 6) is -0.0118. The largest absolute Gasteiger partial charge is 0.416 e. The van der Waals surface area contributed by atoms with Crippen LogP contribution < -0.4 is 0 Å². The quantitative estimate of drug-likeness (QED) is 0.545. The summed E-state index contributed by atoms with van der Waals surface area (Å²) < 4.78 is 39.3. The number of carbonyl (C=O) groups is 1. The molecule has 1 aromatic rings. The van der Waals surface area contributed by atoms with E-state index >= 15 is 0 Å². The molecule has 1 aliphatic heterocycles. The van der Waals surface area contributed by atoms with E-state index in [2.05, 4.69) is 38.0 Å². The second kappa shape index (κ2) is 7.81. The molecule has 1 aliphatic carbocycles. The van der Waals surface area contributed by atoms with E-state index in [1.807, 2.05) is 6.08 Å². The number of alkyl halides is 3. The summed E-state index contributed by atoms with van der Waals surface area (Å²) in [5, 5.41) is 5.70. The Labute approximate surface area is 170 Å². The molecule has 0 radical (unpaired) electrons. The van der Waals surface area contributed by atoms with Gasteiger partial charge in [-0.15, -0.1) is 0 Å². The first-order chi connectivity index (χ1) is 13.5. The summed E-state index contributed by atoms with van der Waals surface area (Å²) in [6, 6.07) is 4.63. The molecular formula is C23H27F3N2O. The Kier molecular flexibility index (Phi) is 5.74. The molecule has 3 nitrogen and oxygen atoms in total. The topological polar surface area (TPSA) is 32.7 Å². The Bertz CT molecular complexity index is 880. The summed E-state index contributed by atoms with van der Waals surface area (Å²) in [4.78, 5) is 12.1. The van der Waals surface area contributed by atoms with Gasteiger partial charge in [-0.3, -0.25) is 4.79 Å². The van der Waals surface area contributed by atoms with E-state index in [0.717, 1.165) is 25.0 Å². The van der Waals surface area contributed by atoms with E-state index in [1.165, 1.54) is 23.6 Å². The van der Waals surface area contributed by atoms with Crippen LogP contribution in [0.25, 0.3) is 0 Å². The highest BCUT2D eigenvalue weighted by atomic mass is 19.4. The smallest absolute Gasteiger partial charge is 0.273 e. The highest BCUT2D eigenvalue weighted by Crippen LogP contribution is 2.42. The van der Waals surface area contributed by atoms with Crippen LogP contribution in [-0.4, -0.2) is 16.6 Å². The van der Waals surface area contributed by atoms with Crippen LogP contribution >= 0.6 is 0 Å². The predicted octanol–water partition coefficient (Wildman–Crippen LogP) is 6.29. The molecule has 0 N–H and O–H groups in total. The molecular weight excluding hydrogens is 377 g/mol. The maximum Gasteiger partial charge on any atom is 0.416 e. The van der Waals surface area contributed by atoms with Crippen molar-refractivity contribution in [3.8, 4) is 0 Å². The van der Waals surface area contributed by atoms with Gasteiger partial charge in [-0.25, -0.2) is 5.01 Å². The van der Waals surface area contributed by atoms with Gasteiger partial charge in [-0.1, -0.05) is 43.7 Å². The monoisotopic (exact) mass is 404 g/mol. The van der Waals surface area contributed by atoms with Crippen LogP contribution in [0.4, 0.5) is 13.2 Å². The van der Waals surface area contributed by atoms with Crippen LogP contribution in [-0.2, 0) is 11.0 Å². The van der Waals surface area contributed by atoms with Crippen molar-refractivity contribution in [2.45, 2.75) is 59.2 Å². The Hall–Kier alpha value is -2.37. The van der Waals surface area contributed by atoms with Crippen LogP contribution in [0.15, 0.2) is 53.2 Å². The van der Waals surface area contributed by atoms with Gasteiger partial charge in [0.2, 0.25) is 5.91 Å². The average Bonchev–Trinajstić information content (AvgIpc) is 3.05. The van der Waals surface area contributed by atoms with Gasteiger partial charge in [0.05, 0.1) is 17.3 Å². The van der Waals surface area contributed by atoms with Gasteiger partial charge < -0.3 is 0 Å². The maximum atomic E-state index is 13.1. The SMILES string of the molecule is CC(=O)N1N=C(/C=C/C2C(C)=CCCC2(C)C)CC1c1cccc(C(F)(F)F)c1. The molecule has 0 fully saturated rings. The summed E-state index contributed by atoms with van der Waals surface area (Å²) in [5.41, 5.74) is 1.88. The first kappa shape index (κ1) is 21.3. The summed E-state index contributed by atoms with van der Waals surface area (Å²) in [7, 11) is 0. The number of benzene rings is 1. The molecule has 0 saturated carbocycles. The molecule has 2 atom stereocenters. The third-order valence-corrected chi connectivity index (χ3v) is 5.92. The zero-order chi connectivity index (χ0) is 21.4. The molecule has 2 unspecified atom stereocenters. The molecule has 156 valence electrons. The van der Waals surface area contributed by atoms with Crippen molar-refractivity contribution in [3.63, 3.8) is 0 Å². The molecule has 0 spiro atoms. The molecule has 0 saturated heterocycles. The third-order valence-electron chi connectivity index (χ3n) is 5.92. The fourth-order valence-corrected chi connectivity index (χ4v) is 4.30.